The number of nitrogens with zero attached hydrogens (tertiary/aromatic N) is 3. The predicted octanol–water partition coefficient (Wildman–Crippen LogP) is 40.1. The highest BCUT2D eigenvalue weighted by atomic mass is 32.1. The zero-order chi connectivity index (χ0) is 93.0. The van der Waals surface area contributed by atoms with Gasteiger partial charge >= 0.3 is 0 Å². The van der Waals surface area contributed by atoms with Gasteiger partial charge in [-0.1, -0.05) is 376 Å². The number of hydrogen-bond acceptors (Lipinski definition) is 9. The molecular formula is C132H83N3O3S3. The van der Waals surface area contributed by atoms with Gasteiger partial charge in [-0.25, -0.2) is 0 Å². The van der Waals surface area contributed by atoms with Gasteiger partial charge in [0, 0.05) is 96.4 Å². The lowest BCUT2D eigenvalue weighted by Gasteiger charge is -2.28. The van der Waals surface area contributed by atoms with Crippen molar-refractivity contribution in [1.82, 2.24) is 0 Å². The molecule has 0 unspecified atom stereocenters. The minimum absolute atomic E-state index is 0.897. The molecule has 0 saturated carbocycles. The fourth-order valence-corrected chi connectivity index (χ4v) is 24.7. The maximum absolute atomic E-state index is 6.82. The normalized spacial score (nSPS) is 11.7. The number of fused-ring (bicyclic) bond motifs is 25. The van der Waals surface area contributed by atoms with Gasteiger partial charge in [-0.15, -0.1) is 34.0 Å². The molecule has 0 bridgehead atoms. The lowest BCUT2D eigenvalue weighted by Crippen LogP contribution is -2.11. The summed E-state index contributed by atoms with van der Waals surface area (Å²) >= 11 is 5.42. The van der Waals surface area contributed by atoms with Crippen molar-refractivity contribution < 1.29 is 13.3 Å². The van der Waals surface area contributed by atoms with Gasteiger partial charge in [0.2, 0.25) is 0 Å². The molecule has 662 valence electrons. The molecule has 0 aliphatic heterocycles. The van der Waals surface area contributed by atoms with E-state index < -0.39 is 0 Å². The van der Waals surface area contributed by atoms with E-state index in [1.54, 1.807) is 22.7 Å². The molecule has 0 radical (unpaired) electrons. The quantitative estimate of drug-likeness (QED) is 0.101. The largest absolute Gasteiger partial charge is 0.454 e. The zero-order valence-electron chi connectivity index (χ0n) is 76.2. The molecule has 29 aromatic rings. The Morgan fingerprint density at radius 3 is 0.879 bits per heavy atom. The highest BCUT2D eigenvalue weighted by Crippen LogP contribution is 2.56. The SMILES string of the molecule is c1ccc(-c2ccc(-c3ccc(N(c4ccccc4)c4cc5c6ccccc6sc5c5oc6ccccc6c45)cc3)cc2)cc1.c1ccc(-c2cccc(-c3ccc(N(c4ccccc4)c4cc5c6ccccc6sc5c5oc6ccccc6c45)cc3)c2)cc1.c1ccc2c(-c3ccc(N(c4cc5ccccc5c5ccccc45)c4cc5c6ccccc6sc5c5oc6ccccc6c45)cc3)cccc2c1. The lowest BCUT2D eigenvalue weighted by molar-refractivity contribution is 0.673. The van der Waals surface area contributed by atoms with E-state index in [4.69, 9.17) is 13.3 Å². The summed E-state index contributed by atoms with van der Waals surface area (Å²) in [5.74, 6) is 0. The van der Waals surface area contributed by atoms with Crippen LogP contribution in [0.25, 0.3) is 214 Å². The van der Waals surface area contributed by atoms with Gasteiger partial charge in [-0.3, -0.25) is 0 Å². The van der Waals surface area contributed by atoms with Crippen LogP contribution in [-0.4, -0.2) is 0 Å². The molecule has 0 amide bonds. The zero-order valence-corrected chi connectivity index (χ0v) is 78.7. The number of para-hydroxylation sites is 5. The Kier molecular flexibility index (Phi) is 20.4. The Bertz CT molecular complexity index is 9870. The van der Waals surface area contributed by atoms with E-state index in [0.717, 1.165) is 117 Å². The van der Waals surface area contributed by atoms with Crippen molar-refractivity contribution in [2.75, 3.05) is 14.7 Å². The smallest absolute Gasteiger partial charge is 0.155 e. The number of rotatable bonds is 14. The molecule has 0 atom stereocenters. The molecule has 0 aliphatic rings. The summed E-state index contributed by atoms with van der Waals surface area (Å²) in [7, 11) is 0. The molecule has 6 nitrogen and oxygen atoms in total. The average molecular weight is 1860 g/mol. The molecule has 0 saturated heterocycles. The Labute approximate surface area is 824 Å². The van der Waals surface area contributed by atoms with Crippen molar-refractivity contribution in [2.24, 2.45) is 0 Å². The van der Waals surface area contributed by atoms with Gasteiger partial charge in [0.15, 0.2) is 16.7 Å². The van der Waals surface area contributed by atoms with Crippen molar-refractivity contribution >= 4 is 244 Å². The fraction of sp³-hybridized carbons (Fsp3) is 0. The van der Waals surface area contributed by atoms with Crippen molar-refractivity contribution in [3.8, 4) is 55.6 Å². The standard InChI is InChI=1S/C48H29NOS.2C42H27NOS/c1-3-15-34-30(12-1)14-11-21-35(34)31-24-26-33(27-25-31)49(42-28-32-13-2-4-16-36(32)37-17-5-6-18-38(37)42)43-29-41-39-19-8-10-23-45(39)51-48(41)47-46(43)40-20-7-9-22-44(40)50-47;1-3-12-28(13-4-1)30-14-11-15-31(26-30)29-22-24-33(25-23-29)43(32-16-5-2-6-17-32)37-27-36-34-18-8-10-21-39(34)45-42(36)41-40(37)35-19-7-9-20-38(35)44-41;1-3-11-28(12-4-1)29-19-21-30(22-20-29)31-23-25-33(26-24-31)43(32-13-5-2-6-14-32)37-27-36-34-15-8-10-18-39(34)45-42(36)41-40(37)35-16-7-9-17-38(35)44-41/h1-29H;2*1-27H. The number of anilines is 9. The van der Waals surface area contributed by atoms with Crippen LogP contribution in [0.2, 0.25) is 0 Å². The summed E-state index contributed by atoms with van der Waals surface area (Å²) in [6, 6.07) is 180. The van der Waals surface area contributed by atoms with E-state index in [1.807, 2.05) is 23.5 Å². The Balaban J connectivity index is 0.000000106. The second-order valence-corrected chi connectivity index (χ2v) is 39.1. The van der Waals surface area contributed by atoms with Crippen molar-refractivity contribution in [3.05, 3.63) is 504 Å². The lowest BCUT2D eigenvalue weighted by atomic mass is 9.96. The van der Waals surface area contributed by atoms with Gasteiger partial charge in [0.25, 0.3) is 0 Å². The number of furan rings is 3. The molecule has 0 N–H and O–H groups in total. The van der Waals surface area contributed by atoms with Gasteiger partial charge in [-0.2, -0.15) is 0 Å². The van der Waals surface area contributed by atoms with Crippen molar-refractivity contribution in [3.63, 3.8) is 0 Å². The Morgan fingerprint density at radius 2 is 0.440 bits per heavy atom. The van der Waals surface area contributed by atoms with Crippen molar-refractivity contribution in [1.29, 1.82) is 0 Å². The van der Waals surface area contributed by atoms with Crippen LogP contribution in [0.1, 0.15) is 0 Å². The van der Waals surface area contributed by atoms with E-state index >= 15 is 0 Å². The van der Waals surface area contributed by atoms with Crippen LogP contribution < -0.4 is 14.7 Å². The third kappa shape index (κ3) is 14.5. The molecular weight excluding hydrogens is 1770 g/mol. The molecule has 6 heterocycles. The first-order valence-corrected chi connectivity index (χ1v) is 50.2. The van der Waals surface area contributed by atoms with E-state index in [9.17, 15) is 0 Å². The maximum atomic E-state index is 6.82. The van der Waals surface area contributed by atoms with Gasteiger partial charge in [0.05, 0.1) is 53.0 Å². The summed E-state index contributed by atoms with van der Waals surface area (Å²) in [5, 5.41) is 21.5. The first-order chi connectivity index (χ1) is 69.9. The van der Waals surface area contributed by atoms with Crippen molar-refractivity contribution in [2.45, 2.75) is 0 Å². The Morgan fingerprint density at radius 1 is 0.156 bits per heavy atom. The second-order valence-electron chi connectivity index (χ2n) is 35.9. The minimum atomic E-state index is 0.897. The number of thiophene rings is 3. The summed E-state index contributed by atoms with van der Waals surface area (Å²) in [5.41, 5.74) is 27.5. The average Bonchev–Trinajstić information content (AvgIpc) is 1.57. The summed E-state index contributed by atoms with van der Waals surface area (Å²) in [6.07, 6.45) is 0. The maximum Gasteiger partial charge on any atom is 0.155 e. The molecule has 6 aromatic heterocycles. The Hall–Kier alpha value is -17.7. The highest BCUT2D eigenvalue weighted by Gasteiger charge is 2.30. The first kappa shape index (κ1) is 82.7. The molecule has 0 aliphatic carbocycles. The van der Waals surface area contributed by atoms with Crippen LogP contribution >= 0.6 is 34.0 Å². The summed E-state index contributed by atoms with van der Waals surface area (Å²) in [6.45, 7) is 0. The first-order valence-electron chi connectivity index (χ1n) is 47.7. The molecule has 9 heteroatoms. The van der Waals surface area contributed by atoms with Crippen LogP contribution in [0.15, 0.2) is 517 Å². The van der Waals surface area contributed by atoms with E-state index in [1.165, 1.54) is 148 Å². The van der Waals surface area contributed by atoms with Crippen LogP contribution in [0, 0.1) is 0 Å². The molecule has 141 heavy (non-hydrogen) atoms. The third-order valence-corrected chi connectivity index (χ3v) is 31.3. The van der Waals surface area contributed by atoms with Crippen LogP contribution in [0.3, 0.4) is 0 Å². The number of hydrogen-bond donors (Lipinski definition) is 0. The third-order valence-electron chi connectivity index (χ3n) is 27.8. The second kappa shape index (κ2) is 34.8. The fourth-order valence-electron chi connectivity index (χ4n) is 21.2. The topological polar surface area (TPSA) is 49.1 Å². The molecule has 29 rings (SSSR count). The summed E-state index contributed by atoms with van der Waals surface area (Å²) in [4.78, 5) is 7.22. The minimum Gasteiger partial charge on any atom is -0.454 e. The van der Waals surface area contributed by atoms with E-state index in [-0.39, 0.29) is 0 Å². The van der Waals surface area contributed by atoms with E-state index in [0.29, 0.717) is 0 Å². The predicted molar refractivity (Wildman–Crippen MR) is 604 cm³/mol. The van der Waals surface area contributed by atoms with Crippen LogP contribution in [0.4, 0.5) is 51.2 Å². The van der Waals surface area contributed by atoms with Crippen LogP contribution in [0.5, 0.6) is 0 Å². The summed E-state index contributed by atoms with van der Waals surface area (Å²) < 4.78 is 27.5. The van der Waals surface area contributed by atoms with Gasteiger partial charge in [0.1, 0.15) is 16.7 Å². The number of benzene rings is 23. The molecule has 23 aromatic carbocycles. The molecule has 0 fully saturated rings. The van der Waals surface area contributed by atoms with Gasteiger partial charge in [-0.05, 0) is 210 Å². The van der Waals surface area contributed by atoms with Gasteiger partial charge < -0.3 is 28.0 Å². The molecule has 0 spiro atoms. The monoisotopic (exact) mass is 1850 g/mol. The van der Waals surface area contributed by atoms with E-state index in [2.05, 4.69) is 506 Å². The highest BCUT2D eigenvalue weighted by molar-refractivity contribution is 7.27. The van der Waals surface area contributed by atoms with Crippen LogP contribution in [-0.2, 0) is 0 Å².